The lowest BCUT2D eigenvalue weighted by molar-refractivity contribution is -0.870. The maximum absolute atomic E-state index is 12.8. The van der Waals surface area contributed by atoms with E-state index in [9.17, 15) is 39.2 Å². The number of ketones is 1. The molecule has 13 nitrogen and oxygen atoms in total. The van der Waals surface area contributed by atoms with Crippen LogP contribution in [0.4, 0.5) is 0 Å². The highest BCUT2D eigenvalue weighted by molar-refractivity contribution is 7.47. The van der Waals surface area contributed by atoms with E-state index in [1.54, 1.807) is 12.2 Å². The Morgan fingerprint density at radius 1 is 0.759 bits per heavy atom. The number of Topliss-reactive ketones (excluding diaryl/α,β-unsaturated/α-hetero) is 1. The van der Waals surface area contributed by atoms with Crippen molar-refractivity contribution in [1.82, 2.24) is 0 Å². The fourth-order valence-corrected chi connectivity index (χ4v) is 7.57. The van der Waals surface area contributed by atoms with Crippen molar-refractivity contribution in [1.29, 1.82) is 0 Å². The summed E-state index contributed by atoms with van der Waals surface area (Å²) in [7, 11) is 1.27. The van der Waals surface area contributed by atoms with E-state index in [2.05, 4.69) is 26.0 Å². The standard InChI is InChI=1S/C44H80NO12P/c1-6-8-10-11-12-13-14-15-16-17-18-19-21-27-44(51)57-38(35-56-58(52,53)55-31-30-45(3,4)5)34-54-43(50)26-23-22-25-37(47)32-40-39(41(48)33-42(40)49)29-28-36(46)24-20-9-7-2/h13-14,28-29,36,38-42,46,48-49H,6-12,15-27,30-35H2,1-5H3/p+1/b14-13-,29-28+/t36-,38+,39+,40+,41+,42-/m0/s1. The van der Waals surface area contributed by atoms with Crippen LogP contribution >= 0.6 is 7.82 Å². The molecule has 0 saturated heterocycles. The maximum Gasteiger partial charge on any atom is 0.472 e. The minimum Gasteiger partial charge on any atom is -0.462 e. The van der Waals surface area contributed by atoms with Crippen LogP contribution in [0.25, 0.3) is 0 Å². The van der Waals surface area contributed by atoms with Crippen LogP contribution in [0, 0.1) is 11.8 Å². The Balaban J connectivity index is 2.53. The molecule has 1 unspecified atom stereocenters. The average molecular weight is 847 g/mol. The van der Waals surface area contributed by atoms with Gasteiger partial charge in [0, 0.05) is 43.9 Å². The molecule has 1 rings (SSSR count). The molecule has 0 aromatic heterocycles. The Labute approximate surface area is 350 Å². The summed E-state index contributed by atoms with van der Waals surface area (Å²) >= 11 is 0. The average Bonchev–Trinajstić information content (AvgIpc) is 3.41. The monoisotopic (exact) mass is 847 g/mol. The number of carbonyl (C=O) groups excluding carboxylic acids is 3. The molecular weight excluding hydrogens is 765 g/mol. The molecule has 0 aliphatic heterocycles. The van der Waals surface area contributed by atoms with Crippen molar-refractivity contribution in [2.75, 3.05) is 47.5 Å². The number of carbonyl (C=O) groups is 3. The highest BCUT2D eigenvalue weighted by Crippen LogP contribution is 2.43. The summed E-state index contributed by atoms with van der Waals surface area (Å²) in [6.07, 6.45) is 21.5. The van der Waals surface area contributed by atoms with Gasteiger partial charge in [-0.2, -0.15) is 0 Å². The van der Waals surface area contributed by atoms with Gasteiger partial charge in [-0.15, -0.1) is 0 Å². The van der Waals surface area contributed by atoms with Gasteiger partial charge in [-0.25, -0.2) is 4.57 Å². The maximum atomic E-state index is 12.8. The molecule has 338 valence electrons. The smallest absolute Gasteiger partial charge is 0.462 e. The van der Waals surface area contributed by atoms with Crippen LogP contribution in [-0.2, 0) is 37.5 Å². The number of unbranched alkanes of at least 4 members (excludes halogenated alkanes) is 12. The third-order valence-electron chi connectivity index (χ3n) is 10.4. The van der Waals surface area contributed by atoms with E-state index in [-0.39, 0.29) is 51.1 Å². The Morgan fingerprint density at radius 3 is 2.02 bits per heavy atom. The van der Waals surface area contributed by atoms with E-state index in [1.807, 2.05) is 21.1 Å². The van der Waals surface area contributed by atoms with E-state index in [1.165, 1.54) is 25.7 Å². The molecule has 0 heterocycles. The molecule has 1 aliphatic carbocycles. The van der Waals surface area contributed by atoms with Gasteiger partial charge in [0.25, 0.3) is 0 Å². The number of phosphoric ester groups is 1. The first kappa shape index (κ1) is 54.1. The van der Waals surface area contributed by atoms with Crippen LogP contribution in [0.5, 0.6) is 0 Å². The topological polar surface area (TPSA) is 186 Å². The van der Waals surface area contributed by atoms with Crippen molar-refractivity contribution in [3.8, 4) is 0 Å². The molecule has 0 amide bonds. The third-order valence-corrected chi connectivity index (χ3v) is 11.4. The van der Waals surface area contributed by atoms with E-state index in [0.717, 1.165) is 57.8 Å². The molecule has 0 spiro atoms. The summed E-state index contributed by atoms with van der Waals surface area (Å²) in [5.74, 6) is -2.07. The van der Waals surface area contributed by atoms with E-state index in [4.69, 9.17) is 18.5 Å². The highest BCUT2D eigenvalue weighted by Gasteiger charge is 2.41. The highest BCUT2D eigenvalue weighted by atomic mass is 31.2. The van der Waals surface area contributed by atoms with Crippen molar-refractivity contribution in [2.24, 2.45) is 11.8 Å². The van der Waals surface area contributed by atoms with Gasteiger partial charge >= 0.3 is 19.8 Å². The van der Waals surface area contributed by atoms with Crippen molar-refractivity contribution < 1.29 is 62.2 Å². The predicted molar refractivity (Wildman–Crippen MR) is 227 cm³/mol. The normalized spacial score (nSPS) is 20.7. The molecule has 0 aromatic carbocycles. The summed E-state index contributed by atoms with van der Waals surface area (Å²) in [5.41, 5.74) is 0. The molecule has 0 radical (unpaired) electrons. The van der Waals surface area contributed by atoms with Crippen molar-refractivity contribution in [3.63, 3.8) is 0 Å². The lowest BCUT2D eigenvalue weighted by atomic mass is 9.87. The Hall–Kier alpha value is -1.96. The predicted octanol–water partition coefficient (Wildman–Crippen LogP) is 7.91. The number of likely N-dealkylation sites (N-methyl/N-ethyl adjacent to an activating group) is 1. The van der Waals surface area contributed by atoms with Crippen molar-refractivity contribution >= 4 is 25.5 Å². The van der Waals surface area contributed by atoms with Gasteiger partial charge < -0.3 is 34.2 Å². The van der Waals surface area contributed by atoms with Crippen LogP contribution in [0.3, 0.4) is 0 Å². The second kappa shape index (κ2) is 31.8. The fourth-order valence-electron chi connectivity index (χ4n) is 6.83. The third kappa shape index (κ3) is 28.5. The molecule has 1 saturated carbocycles. The number of aliphatic hydroxyl groups is 3. The second-order valence-electron chi connectivity index (χ2n) is 17.0. The molecule has 58 heavy (non-hydrogen) atoms. The first-order chi connectivity index (χ1) is 27.6. The number of aliphatic hydroxyl groups excluding tert-OH is 3. The zero-order valence-corrected chi connectivity index (χ0v) is 37.5. The van der Waals surface area contributed by atoms with Gasteiger partial charge in [0.2, 0.25) is 0 Å². The lowest BCUT2D eigenvalue weighted by Crippen LogP contribution is -2.37. The van der Waals surface area contributed by atoms with E-state index in [0.29, 0.717) is 36.7 Å². The van der Waals surface area contributed by atoms with Crippen molar-refractivity contribution in [2.45, 2.75) is 180 Å². The number of esters is 2. The van der Waals surface area contributed by atoms with Gasteiger partial charge in [-0.3, -0.25) is 23.4 Å². The van der Waals surface area contributed by atoms with Crippen LogP contribution in [0.2, 0.25) is 0 Å². The first-order valence-corrected chi connectivity index (χ1v) is 23.7. The summed E-state index contributed by atoms with van der Waals surface area (Å²) in [6, 6.07) is 0. The van der Waals surface area contributed by atoms with Crippen LogP contribution in [0.1, 0.15) is 155 Å². The van der Waals surface area contributed by atoms with Crippen LogP contribution in [0.15, 0.2) is 24.3 Å². The van der Waals surface area contributed by atoms with E-state index >= 15 is 0 Å². The second-order valence-corrected chi connectivity index (χ2v) is 18.5. The zero-order valence-electron chi connectivity index (χ0n) is 36.6. The lowest BCUT2D eigenvalue weighted by Gasteiger charge is -2.24. The summed E-state index contributed by atoms with van der Waals surface area (Å²) in [4.78, 5) is 48.4. The molecule has 7 atom stereocenters. The quantitative estimate of drug-likeness (QED) is 0.0157. The SMILES string of the molecule is CCCCCC/C=C\CCCCCCCC(=O)O[C@H](COC(=O)CCCCC(=O)C[C@@H]1[C@@H](/C=C/[C@@H](O)CCCCC)[C@H](O)C[C@@H]1O)COP(=O)(O)OCC[N+](C)(C)C. The first-order valence-electron chi connectivity index (χ1n) is 22.2. The largest absolute Gasteiger partial charge is 0.472 e. The molecule has 4 N–H and O–H groups in total. The summed E-state index contributed by atoms with van der Waals surface area (Å²) < 4.78 is 34.1. The molecule has 0 aromatic rings. The minimum atomic E-state index is -4.47. The fraction of sp³-hybridized carbons (Fsp3) is 0.841. The number of ether oxygens (including phenoxy) is 2. The molecule has 14 heteroatoms. The van der Waals surface area contributed by atoms with Crippen molar-refractivity contribution in [3.05, 3.63) is 24.3 Å². The van der Waals surface area contributed by atoms with Crippen LogP contribution < -0.4 is 0 Å². The van der Waals surface area contributed by atoms with Crippen LogP contribution in [-0.4, -0.2) is 114 Å². The number of rotatable bonds is 36. The molecule has 1 aliphatic rings. The Bertz CT molecular complexity index is 1220. The zero-order chi connectivity index (χ0) is 43.2. The van der Waals surface area contributed by atoms with Gasteiger partial charge in [0.15, 0.2) is 6.10 Å². The van der Waals surface area contributed by atoms with Gasteiger partial charge in [-0.05, 0) is 51.4 Å². The van der Waals surface area contributed by atoms with Gasteiger partial charge in [0.05, 0.1) is 46.1 Å². The Kier molecular flexibility index (Phi) is 29.7. The molecule has 0 bridgehead atoms. The summed E-state index contributed by atoms with van der Waals surface area (Å²) in [5, 5.41) is 31.3. The number of hydrogen-bond donors (Lipinski definition) is 4. The Morgan fingerprint density at radius 2 is 1.34 bits per heavy atom. The molecule has 1 fully saturated rings. The number of phosphoric acid groups is 1. The molecular formula is C44H81NO12P+. The van der Waals surface area contributed by atoms with Gasteiger partial charge in [0.1, 0.15) is 25.5 Å². The number of allylic oxidation sites excluding steroid dienone is 2. The number of hydrogen-bond acceptors (Lipinski definition) is 11. The minimum absolute atomic E-state index is 0.00224. The van der Waals surface area contributed by atoms with Gasteiger partial charge in [-0.1, -0.05) is 95.9 Å². The number of quaternary nitrogens is 1. The summed E-state index contributed by atoms with van der Waals surface area (Å²) in [6.45, 7) is 3.85. The van der Waals surface area contributed by atoms with E-state index < -0.39 is 62.6 Å². The number of nitrogens with zero attached hydrogens (tertiary/aromatic N) is 1.